The number of amides is 1. The van der Waals surface area contributed by atoms with Crippen LogP contribution in [0.4, 0.5) is 4.79 Å². The zero-order valence-corrected chi connectivity index (χ0v) is 14.1. The predicted molar refractivity (Wildman–Crippen MR) is 89.3 cm³/mol. The summed E-state index contributed by atoms with van der Waals surface area (Å²) in [6.45, 7) is 4.64. The Kier molecular flexibility index (Phi) is 9.12. The molecule has 22 heavy (non-hydrogen) atoms. The van der Waals surface area contributed by atoms with Crippen molar-refractivity contribution in [3.8, 4) is 5.75 Å². The van der Waals surface area contributed by atoms with Crippen molar-refractivity contribution in [2.45, 2.75) is 58.4 Å². The van der Waals surface area contributed by atoms with Crippen molar-refractivity contribution >= 4 is 6.09 Å². The van der Waals surface area contributed by atoms with E-state index in [0.717, 1.165) is 24.2 Å². The van der Waals surface area contributed by atoms with Crippen LogP contribution in [-0.2, 0) is 4.74 Å². The topological polar surface area (TPSA) is 47.6 Å². The third-order valence-electron chi connectivity index (χ3n) is 3.68. The highest BCUT2D eigenvalue weighted by Crippen LogP contribution is 2.17. The first kappa shape index (κ1) is 18.3. The number of unbranched alkanes of at least 4 members (excludes halogenated alkanes) is 5. The van der Waals surface area contributed by atoms with Gasteiger partial charge in [0.2, 0.25) is 0 Å². The molecule has 1 aromatic rings. The molecule has 0 aliphatic carbocycles. The van der Waals surface area contributed by atoms with E-state index in [2.05, 4.69) is 12.2 Å². The normalized spacial score (nSPS) is 11.8. The Balaban J connectivity index is 2.18. The van der Waals surface area contributed by atoms with Gasteiger partial charge in [-0.25, -0.2) is 4.79 Å². The zero-order chi connectivity index (χ0) is 16.2. The molecule has 1 rings (SSSR count). The van der Waals surface area contributed by atoms with Crippen LogP contribution in [0, 0.1) is 0 Å². The predicted octanol–water partition coefficient (Wildman–Crippen LogP) is 4.84. The molecular formula is C18H29NO3. The minimum absolute atomic E-state index is 0.0806. The summed E-state index contributed by atoms with van der Waals surface area (Å²) in [5.74, 6) is 0.807. The molecule has 1 atom stereocenters. The van der Waals surface area contributed by atoms with Gasteiger partial charge in [-0.15, -0.1) is 0 Å². The molecule has 1 aromatic carbocycles. The Labute approximate surface area is 134 Å². The molecular weight excluding hydrogens is 278 g/mol. The van der Waals surface area contributed by atoms with E-state index < -0.39 is 0 Å². The number of rotatable bonds is 10. The molecule has 0 fully saturated rings. The molecule has 0 radical (unpaired) electrons. The van der Waals surface area contributed by atoms with Crippen molar-refractivity contribution in [1.82, 2.24) is 5.32 Å². The van der Waals surface area contributed by atoms with Crippen LogP contribution in [0.3, 0.4) is 0 Å². The van der Waals surface area contributed by atoms with Crippen LogP contribution < -0.4 is 10.1 Å². The lowest BCUT2D eigenvalue weighted by molar-refractivity contribution is 0.140. The number of carbonyl (C=O) groups excluding carboxylic acids is 1. The first-order chi connectivity index (χ1) is 10.7. The first-order valence-corrected chi connectivity index (χ1v) is 8.24. The largest absolute Gasteiger partial charge is 0.497 e. The summed E-state index contributed by atoms with van der Waals surface area (Å²) in [4.78, 5) is 11.7. The van der Waals surface area contributed by atoms with Crippen molar-refractivity contribution in [3.63, 3.8) is 0 Å². The molecule has 0 unspecified atom stereocenters. The van der Waals surface area contributed by atoms with E-state index in [-0.39, 0.29) is 12.1 Å². The molecule has 124 valence electrons. The Hall–Kier alpha value is -1.71. The number of hydrogen-bond donors (Lipinski definition) is 1. The molecule has 1 N–H and O–H groups in total. The zero-order valence-electron chi connectivity index (χ0n) is 14.1. The van der Waals surface area contributed by atoms with Crippen LogP contribution >= 0.6 is 0 Å². The smallest absolute Gasteiger partial charge is 0.407 e. The van der Waals surface area contributed by atoms with Gasteiger partial charge in [0, 0.05) is 0 Å². The monoisotopic (exact) mass is 307 g/mol. The number of benzene rings is 1. The van der Waals surface area contributed by atoms with Gasteiger partial charge in [-0.1, -0.05) is 51.2 Å². The Morgan fingerprint density at radius 2 is 1.73 bits per heavy atom. The van der Waals surface area contributed by atoms with Gasteiger partial charge in [-0.05, 0) is 31.0 Å². The molecule has 0 saturated heterocycles. The highest BCUT2D eigenvalue weighted by Gasteiger charge is 2.10. The molecule has 0 bridgehead atoms. The van der Waals surface area contributed by atoms with Crippen LogP contribution in [-0.4, -0.2) is 19.8 Å². The maximum atomic E-state index is 11.7. The fourth-order valence-corrected chi connectivity index (χ4v) is 2.24. The maximum Gasteiger partial charge on any atom is 0.407 e. The van der Waals surface area contributed by atoms with Crippen LogP contribution in [0.2, 0.25) is 0 Å². The summed E-state index contributed by atoms with van der Waals surface area (Å²) in [6, 6.07) is 7.57. The van der Waals surface area contributed by atoms with Gasteiger partial charge in [0.15, 0.2) is 0 Å². The van der Waals surface area contributed by atoms with E-state index >= 15 is 0 Å². The number of carbonyl (C=O) groups is 1. The molecule has 1 amide bonds. The Morgan fingerprint density at radius 3 is 2.36 bits per heavy atom. The summed E-state index contributed by atoms with van der Waals surface area (Å²) >= 11 is 0. The van der Waals surface area contributed by atoms with Gasteiger partial charge in [-0.3, -0.25) is 0 Å². The van der Waals surface area contributed by atoms with E-state index in [9.17, 15) is 4.79 Å². The average molecular weight is 307 g/mol. The lowest BCUT2D eigenvalue weighted by Crippen LogP contribution is -2.27. The van der Waals surface area contributed by atoms with Gasteiger partial charge in [0.1, 0.15) is 5.75 Å². The summed E-state index contributed by atoms with van der Waals surface area (Å²) in [7, 11) is 1.64. The second kappa shape index (κ2) is 10.9. The van der Waals surface area contributed by atoms with Gasteiger partial charge in [-0.2, -0.15) is 0 Å². The van der Waals surface area contributed by atoms with Crippen molar-refractivity contribution in [2.24, 2.45) is 0 Å². The number of methoxy groups -OCH3 is 1. The molecule has 0 aliphatic rings. The lowest BCUT2D eigenvalue weighted by atomic mass is 10.1. The number of nitrogens with one attached hydrogen (secondary N) is 1. The second-order valence-corrected chi connectivity index (χ2v) is 5.54. The minimum atomic E-state index is -0.350. The SMILES string of the molecule is CCCCCCCCOC(=O)N[C@H](C)c1ccc(OC)cc1. The van der Waals surface area contributed by atoms with E-state index in [0.29, 0.717) is 6.61 Å². The molecule has 0 aromatic heterocycles. The first-order valence-electron chi connectivity index (χ1n) is 8.24. The third kappa shape index (κ3) is 7.34. The van der Waals surface area contributed by atoms with Gasteiger partial charge >= 0.3 is 6.09 Å². The summed E-state index contributed by atoms with van der Waals surface area (Å²) in [5, 5.41) is 2.84. The van der Waals surface area contributed by atoms with E-state index in [4.69, 9.17) is 9.47 Å². The summed E-state index contributed by atoms with van der Waals surface area (Å²) < 4.78 is 10.3. The van der Waals surface area contributed by atoms with Crippen LogP contribution in [0.25, 0.3) is 0 Å². The molecule has 0 saturated carbocycles. The van der Waals surface area contributed by atoms with Gasteiger partial charge in [0.25, 0.3) is 0 Å². The third-order valence-corrected chi connectivity index (χ3v) is 3.68. The highest BCUT2D eigenvalue weighted by atomic mass is 16.5. The van der Waals surface area contributed by atoms with Crippen molar-refractivity contribution in [1.29, 1.82) is 0 Å². The second-order valence-electron chi connectivity index (χ2n) is 5.54. The molecule has 0 spiro atoms. The van der Waals surface area contributed by atoms with E-state index in [1.807, 2.05) is 31.2 Å². The molecule has 4 nitrogen and oxygen atoms in total. The maximum absolute atomic E-state index is 11.7. The summed E-state index contributed by atoms with van der Waals surface area (Å²) in [6.07, 6.45) is 6.76. The van der Waals surface area contributed by atoms with Crippen molar-refractivity contribution in [2.75, 3.05) is 13.7 Å². The summed E-state index contributed by atoms with van der Waals surface area (Å²) in [5.41, 5.74) is 1.03. The van der Waals surface area contributed by atoms with E-state index in [1.165, 1.54) is 25.7 Å². The fraction of sp³-hybridized carbons (Fsp3) is 0.611. The van der Waals surface area contributed by atoms with Gasteiger partial charge in [0.05, 0.1) is 19.8 Å². The number of alkyl carbamates (subject to hydrolysis) is 1. The lowest BCUT2D eigenvalue weighted by Gasteiger charge is -2.14. The highest BCUT2D eigenvalue weighted by molar-refractivity contribution is 5.67. The van der Waals surface area contributed by atoms with Crippen molar-refractivity contribution < 1.29 is 14.3 Å². The fourth-order valence-electron chi connectivity index (χ4n) is 2.24. The standard InChI is InChI=1S/C18H29NO3/c1-4-5-6-7-8-9-14-22-18(20)19-15(2)16-10-12-17(21-3)13-11-16/h10-13,15H,4-9,14H2,1-3H3,(H,19,20)/t15-/m1/s1. The average Bonchev–Trinajstić information content (AvgIpc) is 2.54. The molecule has 0 heterocycles. The van der Waals surface area contributed by atoms with E-state index in [1.54, 1.807) is 7.11 Å². The van der Waals surface area contributed by atoms with Crippen LogP contribution in [0.5, 0.6) is 5.75 Å². The molecule has 0 aliphatic heterocycles. The quantitative estimate of drug-likeness (QED) is 0.629. The van der Waals surface area contributed by atoms with Crippen molar-refractivity contribution in [3.05, 3.63) is 29.8 Å². The Bertz CT molecular complexity index is 417. The van der Waals surface area contributed by atoms with Gasteiger partial charge < -0.3 is 14.8 Å². The van der Waals surface area contributed by atoms with Crippen LogP contribution in [0.15, 0.2) is 24.3 Å². The molecule has 4 heteroatoms. The number of ether oxygens (including phenoxy) is 2. The minimum Gasteiger partial charge on any atom is -0.497 e. The van der Waals surface area contributed by atoms with Crippen LogP contribution in [0.1, 0.15) is 64.0 Å². The number of hydrogen-bond acceptors (Lipinski definition) is 3. The Morgan fingerprint density at radius 1 is 1.09 bits per heavy atom.